The van der Waals surface area contributed by atoms with Gasteiger partial charge in [0, 0.05) is 37.8 Å². The number of ketones is 1. The highest BCUT2D eigenvalue weighted by molar-refractivity contribution is 5.99. The first-order valence-electron chi connectivity index (χ1n) is 10.5. The molecule has 1 N–H and O–H groups in total. The summed E-state index contributed by atoms with van der Waals surface area (Å²) in [5.41, 5.74) is 2.37. The number of aliphatic hydroxyl groups is 1. The van der Waals surface area contributed by atoms with E-state index in [-0.39, 0.29) is 17.5 Å². The van der Waals surface area contributed by atoms with Crippen LogP contribution in [0.2, 0.25) is 0 Å². The molecule has 0 radical (unpaired) electrons. The van der Waals surface area contributed by atoms with Crippen molar-refractivity contribution >= 4 is 17.4 Å². The Hall–Kier alpha value is -2.57. The van der Waals surface area contributed by atoms with Crippen molar-refractivity contribution in [2.75, 3.05) is 31.1 Å². The van der Waals surface area contributed by atoms with Crippen molar-refractivity contribution in [1.29, 1.82) is 0 Å². The summed E-state index contributed by atoms with van der Waals surface area (Å²) in [7, 11) is 0. The van der Waals surface area contributed by atoms with Gasteiger partial charge in [0.05, 0.1) is 12.1 Å². The normalized spacial score (nSPS) is 18.7. The van der Waals surface area contributed by atoms with Crippen molar-refractivity contribution in [1.82, 2.24) is 4.90 Å². The van der Waals surface area contributed by atoms with Gasteiger partial charge in [0.1, 0.15) is 5.82 Å². The number of carbonyl (C=O) groups excluding carboxylic acids is 2. The van der Waals surface area contributed by atoms with Crippen LogP contribution in [0.5, 0.6) is 0 Å². The van der Waals surface area contributed by atoms with E-state index in [1.807, 2.05) is 12.1 Å². The third kappa shape index (κ3) is 4.16. The molecule has 2 aliphatic rings. The van der Waals surface area contributed by atoms with Crippen LogP contribution in [0.3, 0.4) is 0 Å². The lowest BCUT2D eigenvalue weighted by molar-refractivity contribution is -0.116. The molecule has 1 amide bonds. The minimum absolute atomic E-state index is 0.0250. The molecular formula is C24H27FN2O3. The van der Waals surface area contributed by atoms with Gasteiger partial charge in [0.25, 0.3) is 0 Å². The molecular weight excluding hydrogens is 383 g/mol. The topological polar surface area (TPSA) is 60.9 Å². The SMILES string of the molecule is CC(=O)N1CCCc2cc(C(=O)CN3CCC(O)(c4ccc(F)cc4)CC3)ccc21. The molecule has 0 atom stereocenters. The number of Topliss-reactive ketones (excluding diaryl/α,β-unsaturated/α-hetero) is 1. The van der Waals surface area contributed by atoms with Crippen LogP contribution in [-0.4, -0.2) is 47.9 Å². The Morgan fingerprint density at radius 3 is 2.43 bits per heavy atom. The van der Waals surface area contributed by atoms with E-state index >= 15 is 0 Å². The van der Waals surface area contributed by atoms with Crippen molar-refractivity contribution in [3.8, 4) is 0 Å². The van der Waals surface area contributed by atoms with Gasteiger partial charge in [-0.15, -0.1) is 0 Å². The summed E-state index contributed by atoms with van der Waals surface area (Å²) in [4.78, 5) is 28.5. The van der Waals surface area contributed by atoms with Gasteiger partial charge in [-0.3, -0.25) is 14.5 Å². The number of amides is 1. The van der Waals surface area contributed by atoms with E-state index in [0.717, 1.165) is 36.2 Å². The van der Waals surface area contributed by atoms with Crippen LogP contribution in [0.4, 0.5) is 10.1 Å². The minimum atomic E-state index is -0.977. The van der Waals surface area contributed by atoms with Gasteiger partial charge in [-0.05, 0) is 67.1 Å². The highest BCUT2D eigenvalue weighted by Crippen LogP contribution is 2.33. The van der Waals surface area contributed by atoms with E-state index in [1.165, 1.54) is 12.1 Å². The Morgan fingerprint density at radius 1 is 1.07 bits per heavy atom. The van der Waals surface area contributed by atoms with Crippen molar-refractivity contribution in [3.63, 3.8) is 0 Å². The van der Waals surface area contributed by atoms with Crippen LogP contribution < -0.4 is 4.90 Å². The highest BCUT2D eigenvalue weighted by atomic mass is 19.1. The first-order chi connectivity index (χ1) is 14.4. The van der Waals surface area contributed by atoms with Crippen molar-refractivity contribution in [2.45, 2.75) is 38.2 Å². The summed E-state index contributed by atoms with van der Waals surface area (Å²) in [5.74, 6) is -0.246. The number of rotatable bonds is 4. The van der Waals surface area contributed by atoms with E-state index in [9.17, 15) is 19.1 Å². The lowest BCUT2D eigenvalue weighted by atomic mass is 9.84. The van der Waals surface area contributed by atoms with Crippen molar-refractivity contribution < 1.29 is 19.1 Å². The summed E-state index contributed by atoms with van der Waals surface area (Å²) in [5, 5.41) is 10.9. The Balaban J connectivity index is 1.39. The number of halogens is 1. The monoisotopic (exact) mass is 410 g/mol. The van der Waals surface area contributed by atoms with Gasteiger partial charge < -0.3 is 10.0 Å². The van der Waals surface area contributed by atoms with Crippen LogP contribution in [0.15, 0.2) is 42.5 Å². The molecule has 0 unspecified atom stereocenters. The second-order valence-electron chi connectivity index (χ2n) is 8.36. The molecule has 4 rings (SSSR count). The molecule has 0 saturated carbocycles. The van der Waals surface area contributed by atoms with Crippen LogP contribution in [0, 0.1) is 5.82 Å². The van der Waals surface area contributed by atoms with E-state index < -0.39 is 5.60 Å². The number of hydrogen-bond donors (Lipinski definition) is 1. The Bertz CT molecular complexity index is 949. The predicted octanol–water partition coefficient (Wildman–Crippen LogP) is 3.29. The molecule has 6 heteroatoms. The molecule has 1 fully saturated rings. The summed E-state index contributed by atoms with van der Waals surface area (Å²) in [6.45, 7) is 3.79. The van der Waals surface area contributed by atoms with Crippen LogP contribution in [0.25, 0.3) is 0 Å². The lowest BCUT2D eigenvalue weighted by Crippen LogP contribution is -2.44. The average molecular weight is 410 g/mol. The molecule has 30 heavy (non-hydrogen) atoms. The Labute approximate surface area is 176 Å². The van der Waals surface area contributed by atoms with Gasteiger partial charge in [-0.2, -0.15) is 0 Å². The number of carbonyl (C=O) groups is 2. The molecule has 0 bridgehead atoms. The average Bonchev–Trinajstić information content (AvgIpc) is 2.75. The number of benzene rings is 2. The Kier molecular flexibility index (Phi) is 5.71. The standard InChI is InChI=1S/C24H27FN2O3/c1-17(28)27-12-2-3-18-15-19(4-9-22(18)27)23(29)16-26-13-10-24(30,11-14-26)20-5-7-21(25)8-6-20/h4-9,15,30H,2-3,10-14,16H2,1H3. The third-order valence-corrected chi connectivity index (χ3v) is 6.33. The van der Waals surface area contributed by atoms with Gasteiger partial charge in [-0.25, -0.2) is 4.39 Å². The zero-order valence-corrected chi connectivity index (χ0v) is 17.2. The fourth-order valence-corrected chi connectivity index (χ4v) is 4.52. The van der Waals surface area contributed by atoms with Crippen LogP contribution in [0.1, 0.15) is 47.7 Å². The summed E-state index contributed by atoms with van der Waals surface area (Å²) >= 11 is 0. The second kappa shape index (κ2) is 8.28. The maximum absolute atomic E-state index is 13.2. The zero-order valence-electron chi connectivity index (χ0n) is 17.2. The van der Waals surface area contributed by atoms with E-state index in [2.05, 4.69) is 4.90 Å². The number of piperidine rings is 1. The Morgan fingerprint density at radius 2 is 1.77 bits per heavy atom. The number of fused-ring (bicyclic) bond motifs is 1. The maximum atomic E-state index is 13.2. The van der Waals surface area contributed by atoms with Gasteiger partial charge >= 0.3 is 0 Å². The van der Waals surface area contributed by atoms with Gasteiger partial charge in [0.15, 0.2) is 5.78 Å². The number of likely N-dealkylation sites (tertiary alicyclic amines) is 1. The molecule has 0 spiro atoms. The molecule has 158 valence electrons. The van der Waals surface area contributed by atoms with Gasteiger partial charge in [0.2, 0.25) is 5.91 Å². The smallest absolute Gasteiger partial charge is 0.223 e. The summed E-state index contributed by atoms with van der Waals surface area (Å²) in [6.07, 6.45) is 2.78. The molecule has 0 aromatic heterocycles. The molecule has 2 aromatic carbocycles. The quantitative estimate of drug-likeness (QED) is 0.786. The fraction of sp³-hybridized carbons (Fsp3) is 0.417. The molecule has 2 aromatic rings. The first kappa shape index (κ1) is 20.7. The van der Waals surface area contributed by atoms with Crippen LogP contribution in [-0.2, 0) is 16.8 Å². The zero-order chi connectivity index (χ0) is 21.3. The van der Waals surface area contributed by atoms with Gasteiger partial charge in [-0.1, -0.05) is 12.1 Å². The number of aryl methyl sites for hydroxylation is 1. The highest BCUT2D eigenvalue weighted by Gasteiger charge is 2.34. The molecule has 1 saturated heterocycles. The third-order valence-electron chi connectivity index (χ3n) is 6.33. The van der Waals surface area contributed by atoms with E-state index in [4.69, 9.17) is 0 Å². The van der Waals surface area contributed by atoms with Crippen molar-refractivity contribution in [3.05, 3.63) is 65.0 Å². The predicted molar refractivity (Wildman–Crippen MR) is 113 cm³/mol. The number of nitrogens with zero attached hydrogens (tertiary/aromatic N) is 2. The fourth-order valence-electron chi connectivity index (χ4n) is 4.52. The molecule has 2 heterocycles. The molecule has 5 nitrogen and oxygen atoms in total. The summed E-state index contributed by atoms with van der Waals surface area (Å²) < 4.78 is 13.2. The number of anilines is 1. The first-order valence-corrected chi connectivity index (χ1v) is 10.5. The van der Waals surface area contributed by atoms with Crippen molar-refractivity contribution in [2.24, 2.45) is 0 Å². The van der Waals surface area contributed by atoms with E-state index in [1.54, 1.807) is 30.0 Å². The minimum Gasteiger partial charge on any atom is -0.385 e. The lowest BCUT2D eigenvalue weighted by Gasteiger charge is -2.38. The maximum Gasteiger partial charge on any atom is 0.223 e. The number of hydrogen-bond acceptors (Lipinski definition) is 4. The van der Waals surface area contributed by atoms with Crippen LogP contribution >= 0.6 is 0 Å². The molecule has 0 aliphatic carbocycles. The second-order valence-corrected chi connectivity index (χ2v) is 8.36. The largest absolute Gasteiger partial charge is 0.385 e. The summed E-state index contributed by atoms with van der Waals surface area (Å²) in [6, 6.07) is 11.6. The van der Waals surface area contributed by atoms with E-state index in [0.29, 0.717) is 38.0 Å². The molecule has 2 aliphatic heterocycles.